The molecule has 0 aliphatic carbocycles. The third-order valence-corrected chi connectivity index (χ3v) is 13.1. The first-order valence-electron chi connectivity index (χ1n) is 15.9. The molecular weight excluding hydrogens is 575 g/mol. The number of nitrogens with zero attached hydrogens (tertiary/aromatic N) is 3. The van der Waals surface area contributed by atoms with Crippen LogP contribution < -0.4 is 10.4 Å². The van der Waals surface area contributed by atoms with Crippen molar-refractivity contribution in [2.75, 3.05) is 0 Å². The number of benzene rings is 6. The number of aromatic nitrogens is 3. The second kappa shape index (κ2) is 10.2. The van der Waals surface area contributed by atoms with E-state index in [1.165, 1.54) is 43.3 Å². The van der Waals surface area contributed by atoms with E-state index < -0.39 is 8.07 Å². The number of fused-ring (bicyclic) bond motifs is 6. The Labute approximate surface area is 269 Å². The molecule has 1 aliphatic rings. The zero-order chi connectivity index (χ0) is 30.8. The highest BCUT2D eigenvalue weighted by atomic mass is 28.3. The van der Waals surface area contributed by atoms with Gasteiger partial charge in [-0.05, 0) is 57.4 Å². The lowest BCUT2D eigenvalue weighted by atomic mass is 9.97. The van der Waals surface area contributed by atoms with Crippen LogP contribution in [0.2, 0.25) is 13.1 Å². The van der Waals surface area contributed by atoms with Crippen molar-refractivity contribution in [3.8, 4) is 50.7 Å². The van der Waals surface area contributed by atoms with E-state index >= 15 is 0 Å². The standard InChI is InChI=1S/C42H31N3Si/c1-46(2)37-26-12-10-22-34(37)40-41(46)39(28-15-5-3-6-16-28)43-42(44-40)30-18-13-17-29(27-30)32-23-14-25-36-38(32)33-21-9-11-24-35(33)45(36)31-19-7-4-8-20-31/h3-27H,1-2H3. The van der Waals surface area contributed by atoms with E-state index in [9.17, 15) is 0 Å². The number of hydrogen-bond donors (Lipinski definition) is 0. The minimum Gasteiger partial charge on any atom is -0.309 e. The van der Waals surface area contributed by atoms with E-state index in [4.69, 9.17) is 9.97 Å². The summed E-state index contributed by atoms with van der Waals surface area (Å²) in [4.78, 5) is 10.7. The average molecular weight is 606 g/mol. The first kappa shape index (κ1) is 26.8. The first-order valence-corrected chi connectivity index (χ1v) is 18.9. The summed E-state index contributed by atoms with van der Waals surface area (Å²) in [6.45, 7) is 4.86. The summed E-state index contributed by atoms with van der Waals surface area (Å²) >= 11 is 0. The van der Waals surface area contributed by atoms with E-state index in [-0.39, 0.29) is 0 Å². The first-order chi connectivity index (χ1) is 22.6. The van der Waals surface area contributed by atoms with Crippen LogP contribution in [0.25, 0.3) is 72.5 Å². The van der Waals surface area contributed by atoms with Crippen molar-refractivity contribution < 1.29 is 0 Å². The lowest BCUT2D eigenvalue weighted by Gasteiger charge is -2.21. The summed E-state index contributed by atoms with van der Waals surface area (Å²) in [7, 11) is -2.01. The summed E-state index contributed by atoms with van der Waals surface area (Å²) in [6.07, 6.45) is 0. The molecule has 0 saturated carbocycles. The summed E-state index contributed by atoms with van der Waals surface area (Å²) in [5.74, 6) is 0.764. The van der Waals surface area contributed by atoms with Crippen molar-refractivity contribution in [3.63, 3.8) is 0 Å². The Morgan fingerprint density at radius 1 is 0.500 bits per heavy atom. The van der Waals surface area contributed by atoms with Gasteiger partial charge in [-0.3, -0.25) is 0 Å². The maximum Gasteiger partial charge on any atom is 0.160 e. The molecule has 0 saturated heterocycles. The largest absolute Gasteiger partial charge is 0.309 e. The lowest BCUT2D eigenvalue weighted by molar-refractivity contribution is 1.18. The van der Waals surface area contributed by atoms with Crippen molar-refractivity contribution in [2.24, 2.45) is 0 Å². The van der Waals surface area contributed by atoms with E-state index in [2.05, 4.69) is 169 Å². The second-order valence-corrected chi connectivity index (χ2v) is 16.9. The van der Waals surface area contributed by atoms with Crippen molar-refractivity contribution in [3.05, 3.63) is 152 Å². The van der Waals surface area contributed by atoms with Gasteiger partial charge in [-0.25, -0.2) is 9.97 Å². The van der Waals surface area contributed by atoms with Crippen LogP contribution in [0.15, 0.2) is 152 Å². The van der Waals surface area contributed by atoms with Gasteiger partial charge in [-0.15, -0.1) is 0 Å². The van der Waals surface area contributed by atoms with E-state index in [1.807, 2.05) is 0 Å². The third kappa shape index (κ3) is 3.97. The molecule has 0 N–H and O–H groups in total. The smallest absolute Gasteiger partial charge is 0.160 e. The van der Waals surface area contributed by atoms with Gasteiger partial charge in [0.2, 0.25) is 0 Å². The van der Waals surface area contributed by atoms with Gasteiger partial charge in [0.25, 0.3) is 0 Å². The molecule has 0 bridgehead atoms. The molecule has 0 spiro atoms. The van der Waals surface area contributed by atoms with E-state index in [1.54, 1.807) is 0 Å². The van der Waals surface area contributed by atoms with Crippen LogP contribution in [-0.2, 0) is 0 Å². The summed E-state index contributed by atoms with van der Waals surface area (Å²) in [6, 6.07) is 54.2. The molecule has 2 aromatic heterocycles. The van der Waals surface area contributed by atoms with Gasteiger partial charge < -0.3 is 4.57 Å². The Balaban J connectivity index is 1.27. The van der Waals surface area contributed by atoms with Crippen LogP contribution in [-0.4, -0.2) is 22.6 Å². The zero-order valence-electron chi connectivity index (χ0n) is 25.8. The fourth-order valence-corrected chi connectivity index (χ4v) is 10.7. The van der Waals surface area contributed by atoms with Crippen LogP contribution in [0.1, 0.15) is 0 Å². The predicted molar refractivity (Wildman–Crippen MR) is 195 cm³/mol. The maximum absolute atomic E-state index is 5.37. The Kier molecular flexibility index (Phi) is 5.96. The molecule has 1 aliphatic heterocycles. The van der Waals surface area contributed by atoms with Gasteiger partial charge in [0, 0.05) is 27.6 Å². The molecule has 218 valence electrons. The van der Waals surface area contributed by atoms with Gasteiger partial charge in [0.1, 0.15) is 8.07 Å². The molecule has 0 unspecified atom stereocenters. The van der Waals surface area contributed by atoms with Crippen molar-refractivity contribution >= 4 is 40.3 Å². The summed E-state index contributed by atoms with van der Waals surface area (Å²) in [5.41, 5.74) is 11.5. The molecule has 4 heteroatoms. The minimum absolute atomic E-state index is 0.764. The van der Waals surface area contributed by atoms with Gasteiger partial charge in [0.05, 0.1) is 22.4 Å². The highest BCUT2D eigenvalue weighted by molar-refractivity contribution is 7.04. The van der Waals surface area contributed by atoms with Gasteiger partial charge in [0.15, 0.2) is 5.82 Å². The molecule has 46 heavy (non-hydrogen) atoms. The molecule has 3 nitrogen and oxygen atoms in total. The zero-order valence-corrected chi connectivity index (χ0v) is 26.8. The van der Waals surface area contributed by atoms with Gasteiger partial charge >= 0.3 is 0 Å². The topological polar surface area (TPSA) is 30.7 Å². The Bertz CT molecular complexity index is 2440. The van der Waals surface area contributed by atoms with Gasteiger partial charge in [-0.2, -0.15) is 0 Å². The fourth-order valence-electron chi connectivity index (χ4n) is 7.49. The molecule has 0 amide bonds. The van der Waals surface area contributed by atoms with E-state index in [0.717, 1.165) is 39.6 Å². The molecule has 3 heterocycles. The molecule has 9 rings (SSSR count). The van der Waals surface area contributed by atoms with E-state index in [0.29, 0.717) is 0 Å². The minimum atomic E-state index is -2.01. The third-order valence-electron chi connectivity index (χ3n) is 9.58. The molecule has 0 atom stereocenters. The van der Waals surface area contributed by atoms with Crippen molar-refractivity contribution in [1.82, 2.24) is 14.5 Å². The Hall–Kier alpha value is -5.58. The SMILES string of the molecule is C[Si]1(C)c2ccccc2-c2nc(-c3cccc(-c4cccc5c4c4ccccc4n5-c4ccccc4)c3)nc(-c3ccccc3)c21. The van der Waals surface area contributed by atoms with Crippen molar-refractivity contribution in [1.29, 1.82) is 0 Å². The number of hydrogen-bond acceptors (Lipinski definition) is 2. The predicted octanol–water partition coefficient (Wildman–Crippen LogP) is 9.38. The number of rotatable bonds is 4. The highest BCUT2D eigenvalue weighted by Gasteiger charge is 2.41. The normalized spacial score (nSPS) is 13.2. The van der Waals surface area contributed by atoms with Crippen LogP contribution in [0.3, 0.4) is 0 Å². The Morgan fingerprint density at radius 2 is 1.11 bits per heavy atom. The van der Waals surface area contributed by atoms with Crippen LogP contribution in [0.4, 0.5) is 0 Å². The van der Waals surface area contributed by atoms with Crippen LogP contribution in [0, 0.1) is 0 Å². The monoisotopic (exact) mass is 605 g/mol. The highest BCUT2D eigenvalue weighted by Crippen LogP contribution is 2.40. The van der Waals surface area contributed by atoms with Crippen molar-refractivity contribution in [2.45, 2.75) is 13.1 Å². The van der Waals surface area contributed by atoms with Crippen LogP contribution in [0.5, 0.6) is 0 Å². The second-order valence-electron chi connectivity index (χ2n) is 12.6. The molecular formula is C42H31N3Si. The van der Waals surface area contributed by atoms with Crippen LogP contribution >= 0.6 is 0 Å². The average Bonchev–Trinajstić information content (AvgIpc) is 3.58. The molecule has 6 aromatic carbocycles. The van der Waals surface area contributed by atoms with Gasteiger partial charge in [-0.1, -0.05) is 134 Å². The lowest BCUT2D eigenvalue weighted by Crippen LogP contribution is -2.50. The summed E-state index contributed by atoms with van der Waals surface area (Å²) in [5, 5.41) is 5.26. The molecule has 0 fully saturated rings. The fraction of sp³-hybridized carbons (Fsp3) is 0.0476. The number of para-hydroxylation sites is 2. The summed E-state index contributed by atoms with van der Waals surface area (Å²) < 4.78 is 2.37. The molecule has 8 aromatic rings. The Morgan fingerprint density at radius 3 is 1.96 bits per heavy atom. The molecule has 0 radical (unpaired) electrons. The maximum atomic E-state index is 5.37. The quantitative estimate of drug-likeness (QED) is 0.187.